The molecule has 0 aliphatic heterocycles. The first-order chi connectivity index (χ1) is 5.36. The summed E-state index contributed by atoms with van der Waals surface area (Å²) >= 11 is 6.69. The highest BCUT2D eigenvalue weighted by atomic mass is 79.9. The Hall–Kier alpha value is -0.190. The molecular weight excluding hydrogens is 242 g/mol. The predicted molar refractivity (Wildman–Crippen MR) is 53.1 cm³/mol. The van der Waals surface area contributed by atoms with Crippen LogP contribution in [0.5, 0.6) is 0 Å². The third kappa shape index (κ3) is 1.52. The Morgan fingerprint density at radius 1 is 1.45 bits per heavy atom. The van der Waals surface area contributed by atoms with Crippen molar-refractivity contribution in [2.75, 3.05) is 0 Å². The minimum Gasteiger partial charge on any atom is -0.237 e. The summed E-state index contributed by atoms with van der Waals surface area (Å²) in [5.74, 6) is 0. The quantitative estimate of drug-likeness (QED) is 0.748. The van der Waals surface area contributed by atoms with Crippen LogP contribution in [-0.2, 0) is 0 Å². The van der Waals surface area contributed by atoms with Gasteiger partial charge in [0, 0.05) is 11.8 Å². The van der Waals surface area contributed by atoms with Gasteiger partial charge in [0.2, 0.25) is 0 Å². The molecule has 0 aromatic carbocycles. The molecule has 0 amide bonds. The molecular formula is C7H4BrNS2. The molecule has 0 bridgehead atoms. The van der Waals surface area contributed by atoms with Gasteiger partial charge in [-0.2, -0.15) is 11.3 Å². The van der Waals surface area contributed by atoms with E-state index in [2.05, 4.69) is 37.7 Å². The molecule has 2 aromatic heterocycles. The fourth-order valence-corrected chi connectivity index (χ4v) is 2.78. The number of hydrogen-bond acceptors (Lipinski definition) is 3. The zero-order chi connectivity index (χ0) is 7.68. The first-order valence-electron chi connectivity index (χ1n) is 3.00. The normalized spacial score (nSPS) is 10.3. The maximum Gasteiger partial charge on any atom is 0.159 e. The number of nitrogens with zero attached hydrogens (tertiary/aromatic N) is 1. The summed E-state index contributed by atoms with van der Waals surface area (Å²) in [6, 6.07) is 2.10. The monoisotopic (exact) mass is 245 g/mol. The van der Waals surface area contributed by atoms with Crippen LogP contribution in [0.25, 0.3) is 10.4 Å². The number of rotatable bonds is 1. The van der Waals surface area contributed by atoms with Gasteiger partial charge in [0.1, 0.15) is 0 Å². The third-order valence-corrected chi connectivity index (χ3v) is 3.49. The van der Waals surface area contributed by atoms with Gasteiger partial charge in [-0.15, -0.1) is 11.3 Å². The second-order valence-corrected chi connectivity index (χ2v) is 5.08. The van der Waals surface area contributed by atoms with Crippen LogP contribution >= 0.6 is 38.6 Å². The van der Waals surface area contributed by atoms with Gasteiger partial charge >= 0.3 is 0 Å². The Kier molecular flexibility index (Phi) is 2.07. The van der Waals surface area contributed by atoms with E-state index < -0.39 is 0 Å². The summed E-state index contributed by atoms with van der Waals surface area (Å²) in [5.41, 5.74) is 1.26. The van der Waals surface area contributed by atoms with E-state index in [-0.39, 0.29) is 0 Å². The van der Waals surface area contributed by atoms with Crippen LogP contribution in [0, 0.1) is 0 Å². The van der Waals surface area contributed by atoms with Gasteiger partial charge in [-0.05, 0) is 32.8 Å². The summed E-state index contributed by atoms with van der Waals surface area (Å²) in [5, 5.41) is 4.20. The van der Waals surface area contributed by atoms with Crippen molar-refractivity contribution in [3.05, 3.63) is 26.9 Å². The van der Waals surface area contributed by atoms with E-state index >= 15 is 0 Å². The van der Waals surface area contributed by atoms with E-state index in [1.165, 1.54) is 10.4 Å². The van der Waals surface area contributed by atoms with Crippen LogP contribution in [0.4, 0.5) is 0 Å². The SMILES string of the molecule is Brc1ncc(-c2ccsc2)s1. The number of aromatic nitrogens is 1. The zero-order valence-electron chi connectivity index (χ0n) is 5.45. The highest BCUT2D eigenvalue weighted by molar-refractivity contribution is 9.11. The fraction of sp³-hybridized carbons (Fsp3) is 0. The van der Waals surface area contributed by atoms with Crippen molar-refractivity contribution in [2.24, 2.45) is 0 Å². The van der Waals surface area contributed by atoms with E-state index in [0.29, 0.717) is 0 Å². The van der Waals surface area contributed by atoms with Crippen LogP contribution in [0.3, 0.4) is 0 Å². The van der Waals surface area contributed by atoms with Crippen molar-refractivity contribution in [1.29, 1.82) is 0 Å². The Morgan fingerprint density at radius 3 is 2.91 bits per heavy atom. The average Bonchev–Trinajstić information content (AvgIpc) is 2.55. The molecule has 11 heavy (non-hydrogen) atoms. The van der Waals surface area contributed by atoms with Gasteiger partial charge in [-0.25, -0.2) is 4.98 Å². The van der Waals surface area contributed by atoms with Gasteiger partial charge in [0.15, 0.2) is 3.92 Å². The van der Waals surface area contributed by atoms with E-state index in [0.717, 1.165) is 3.92 Å². The zero-order valence-corrected chi connectivity index (χ0v) is 8.67. The van der Waals surface area contributed by atoms with Gasteiger partial charge in [0.05, 0.1) is 4.88 Å². The van der Waals surface area contributed by atoms with Gasteiger partial charge in [-0.1, -0.05) is 0 Å². The first-order valence-corrected chi connectivity index (χ1v) is 5.55. The highest BCUT2D eigenvalue weighted by Gasteiger charge is 2.01. The van der Waals surface area contributed by atoms with Gasteiger partial charge < -0.3 is 0 Å². The smallest absolute Gasteiger partial charge is 0.159 e. The van der Waals surface area contributed by atoms with Crippen molar-refractivity contribution < 1.29 is 0 Å². The van der Waals surface area contributed by atoms with Crippen molar-refractivity contribution >= 4 is 38.6 Å². The molecule has 0 unspecified atom stereocenters. The molecule has 0 aliphatic carbocycles. The maximum atomic E-state index is 4.11. The molecule has 1 nitrogen and oxygen atoms in total. The van der Waals surface area contributed by atoms with Crippen LogP contribution in [0.15, 0.2) is 26.9 Å². The molecule has 0 spiro atoms. The molecule has 2 aromatic rings. The number of thiazole rings is 1. The lowest BCUT2D eigenvalue weighted by Crippen LogP contribution is -1.59. The Balaban J connectivity index is 2.45. The number of halogens is 1. The molecule has 2 heterocycles. The molecule has 0 aliphatic rings. The van der Waals surface area contributed by atoms with E-state index in [4.69, 9.17) is 0 Å². The minimum atomic E-state index is 0.943. The second-order valence-electron chi connectivity index (χ2n) is 1.99. The largest absolute Gasteiger partial charge is 0.237 e. The molecule has 4 heteroatoms. The summed E-state index contributed by atoms with van der Waals surface area (Å²) in [7, 11) is 0. The number of hydrogen-bond donors (Lipinski definition) is 0. The topological polar surface area (TPSA) is 12.9 Å². The number of thiophene rings is 1. The lowest BCUT2D eigenvalue weighted by Gasteiger charge is -1.84. The lowest BCUT2D eigenvalue weighted by atomic mass is 10.3. The van der Waals surface area contributed by atoms with Crippen molar-refractivity contribution in [1.82, 2.24) is 4.98 Å². The van der Waals surface area contributed by atoms with Crippen molar-refractivity contribution in [3.8, 4) is 10.4 Å². The molecule has 2 rings (SSSR count). The van der Waals surface area contributed by atoms with Gasteiger partial charge in [-0.3, -0.25) is 0 Å². The molecule has 0 saturated heterocycles. The Labute approximate surface area is 80.9 Å². The van der Waals surface area contributed by atoms with Crippen molar-refractivity contribution in [3.63, 3.8) is 0 Å². The molecule has 0 fully saturated rings. The summed E-state index contributed by atoms with van der Waals surface area (Å²) in [4.78, 5) is 5.33. The van der Waals surface area contributed by atoms with Crippen molar-refractivity contribution in [2.45, 2.75) is 0 Å². The summed E-state index contributed by atoms with van der Waals surface area (Å²) in [6.45, 7) is 0. The van der Waals surface area contributed by atoms with Crippen LogP contribution in [0.1, 0.15) is 0 Å². The second kappa shape index (κ2) is 3.05. The highest BCUT2D eigenvalue weighted by Crippen LogP contribution is 2.29. The summed E-state index contributed by atoms with van der Waals surface area (Å²) in [6.07, 6.45) is 1.89. The Morgan fingerprint density at radius 2 is 2.36 bits per heavy atom. The summed E-state index contributed by atoms with van der Waals surface area (Å²) < 4.78 is 0.943. The fourth-order valence-electron chi connectivity index (χ4n) is 0.791. The Bertz CT molecular complexity index is 339. The molecule has 0 atom stereocenters. The first kappa shape index (κ1) is 7.46. The molecule has 56 valence electrons. The lowest BCUT2D eigenvalue weighted by molar-refractivity contribution is 1.38. The van der Waals surface area contributed by atoms with Gasteiger partial charge in [0.25, 0.3) is 0 Å². The third-order valence-electron chi connectivity index (χ3n) is 1.28. The minimum absolute atomic E-state index is 0.943. The van der Waals surface area contributed by atoms with E-state index in [9.17, 15) is 0 Å². The van der Waals surface area contributed by atoms with Crippen LogP contribution < -0.4 is 0 Å². The molecule has 0 radical (unpaired) electrons. The molecule has 0 saturated carbocycles. The standard InChI is InChI=1S/C7H4BrNS2/c8-7-9-3-6(11-7)5-1-2-10-4-5/h1-4H. The van der Waals surface area contributed by atoms with Crippen LogP contribution in [0.2, 0.25) is 0 Å². The van der Waals surface area contributed by atoms with E-state index in [1.54, 1.807) is 22.7 Å². The maximum absolute atomic E-state index is 4.11. The average molecular weight is 246 g/mol. The van der Waals surface area contributed by atoms with Crippen LogP contribution in [-0.4, -0.2) is 4.98 Å². The predicted octanol–water partition coefficient (Wildman–Crippen LogP) is 3.63. The van der Waals surface area contributed by atoms with E-state index in [1.807, 2.05) is 6.20 Å². The molecule has 0 N–H and O–H groups in total.